The Morgan fingerprint density at radius 3 is 2.53 bits per heavy atom. The quantitative estimate of drug-likeness (QED) is 0.806. The Labute approximate surface area is 101 Å². The molecular weight excluding hydrogens is 251 g/mol. The zero-order chi connectivity index (χ0) is 12.7. The van der Waals surface area contributed by atoms with Gasteiger partial charge in [0.1, 0.15) is 0 Å². The van der Waals surface area contributed by atoms with Gasteiger partial charge in [-0.2, -0.15) is 13.2 Å². The largest absolute Gasteiger partial charge is 0.446 e. The first-order valence-corrected chi connectivity index (χ1v) is 5.93. The summed E-state index contributed by atoms with van der Waals surface area (Å²) >= 11 is -0.152. The van der Waals surface area contributed by atoms with Gasteiger partial charge in [0.25, 0.3) is 0 Å². The Balaban J connectivity index is 2.18. The van der Waals surface area contributed by atoms with E-state index in [1.165, 1.54) is 12.1 Å². The van der Waals surface area contributed by atoms with Gasteiger partial charge in [-0.15, -0.1) is 0 Å². The van der Waals surface area contributed by atoms with Crippen LogP contribution in [-0.2, 0) is 5.54 Å². The molecule has 0 heterocycles. The van der Waals surface area contributed by atoms with Crippen molar-refractivity contribution in [2.45, 2.75) is 34.9 Å². The van der Waals surface area contributed by atoms with Crippen LogP contribution in [-0.4, -0.2) is 16.7 Å². The summed E-state index contributed by atoms with van der Waals surface area (Å²) in [7, 11) is 0. The number of nitrogens with two attached hydrogens (primary N) is 1. The molecule has 1 aliphatic carbocycles. The first kappa shape index (κ1) is 12.7. The number of aliphatic hydroxyl groups is 1. The van der Waals surface area contributed by atoms with Gasteiger partial charge in [-0.25, -0.2) is 0 Å². The van der Waals surface area contributed by atoms with Crippen molar-refractivity contribution in [2.75, 3.05) is 0 Å². The minimum atomic E-state index is -4.29. The summed E-state index contributed by atoms with van der Waals surface area (Å²) in [5, 5.41) is 9.24. The highest BCUT2D eigenvalue weighted by Crippen LogP contribution is 2.42. The van der Waals surface area contributed by atoms with E-state index in [9.17, 15) is 18.3 Å². The van der Waals surface area contributed by atoms with Gasteiger partial charge >= 0.3 is 5.51 Å². The minimum absolute atomic E-state index is 0.126. The second-order valence-electron chi connectivity index (χ2n) is 4.29. The van der Waals surface area contributed by atoms with Crippen LogP contribution in [0.3, 0.4) is 0 Å². The van der Waals surface area contributed by atoms with Crippen molar-refractivity contribution >= 4 is 11.8 Å². The topological polar surface area (TPSA) is 46.2 Å². The first-order valence-electron chi connectivity index (χ1n) is 5.12. The molecule has 0 spiro atoms. The van der Waals surface area contributed by atoms with Crippen molar-refractivity contribution in [1.82, 2.24) is 0 Å². The summed E-state index contributed by atoms with van der Waals surface area (Å²) in [6, 6.07) is 6.11. The van der Waals surface area contributed by atoms with Gasteiger partial charge in [0.15, 0.2) is 0 Å². The summed E-state index contributed by atoms with van der Waals surface area (Å²) in [6.45, 7) is 0. The van der Waals surface area contributed by atoms with E-state index in [4.69, 9.17) is 5.73 Å². The molecule has 1 fully saturated rings. The van der Waals surface area contributed by atoms with E-state index in [0.29, 0.717) is 18.4 Å². The maximum atomic E-state index is 12.2. The number of aliphatic hydroxyl groups excluding tert-OH is 1. The van der Waals surface area contributed by atoms with Crippen molar-refractivity contribution in [2.24, 2.45) is 5.73 Å². The Hall–Kier alpha value is -0.720. The lowest BCUT2D eigenvalue weighted by Gasteiger charge is -2.42. The lowest BCUT2D eigenvalue weighted by molar-refractivity contribution is -0.0328. The van der Waals surface area contributed by atoms with Crippen molar-refractivity contribution in [3.8, 4) is 0 Å². The van der Waals surface area contributed by atoms with Gasteiger partial charge < -0.3 is 10.8 Å². The lowest BCUT2D eigenvalue weighted by atomic mass is 9.71. The Morgan fingerprint density at radius 1 is 1.35 bits per heavy atom. The highest BCUT2D eigenvalue weighted by Gasteiger charge is 2.41. The molecular formula is C11H12F3NOS. The van der Waals surface area contributed by atoms with E-state index in [1.807, 2.05) is 0 Å². The van der Waals surface area contributed by atoms with Gasteiger partial charge in [-0.05, 0) is 42.3 Å². The van der Waals surface area contributed by atoms with Crippen LogP contribution in [0.25, 0.3) is 0 Å². The number of hydrogen-bond donors (Lipinski definition) is 2. The first-order chi connectivity index (χ1) is 7.78. The maximum absolute atomic E-state index is 12.2. The standard InChI is InChI=1S/C11H12F3NOS/c12-11(13,14)17-9-3-1-2-7(4-9)10(15)5-8(16)6-10/h1-4,8,16H,5-6,15H2. The molecule has 6 heteroatoms. The molecule has 1 saturated carbocycles. The Bertz CT molecular complexity index is 415. The smallest absolute Gasteiger partial charge is 0.393 e. The van der Waals surface area contributed by atoms with Gasteiger partial charge in [-0.1, -0.05) is 12.1 Å². The SMILES string of the molecule is NC1(c2cccc(SC(F)(F)F)c2)CC(O)C1. The van der Waals surface area contributed by atoms with Crippen LogP contribution in [0.15, 0.2) is 29.2 Å². The molecule has 0 radical (unpaired) electrons. The second-order valence-corrected chi connectivity index (χ2v) is 5.43. The highest BCUT2D eigenvalue weighted by molar-refractivity contribution is 8.00. The van der Waals surface area contributed by atoms with E-state index in [2.05, 4.69) is 0 Å². The molecule has 1 aromatic rings. The summed E-state index contributed by atoms with van der Waals surface area (Å²) in [6.07, 6.45) is 0.347. The summed E-state index contributed by atoms with van der Waals surface area (Å²) < 4.78 is 36.7. The fourth-order valence-electron chi connectivity index (χ4n) is 2.02. The third-order valence-corrected chi connectivity index (χ3v) is 3.56. The maximum Gasteiger partial charge on any atom is 0.446 e. The van der Waals surface area contributed by atoms with E-state index in [0.717, 1.165) is 0 Å². The van der Waals surface area contributed by atoms with Crippen molar-refractivity contribution in [1.29, 1.82) is 0 Å². The fourth-order valence-corrected chi connectivity index (χ4v) is 2.62. The van der Waals surface area contributed by atoms with E-state index >= 15 is 0 Å². The number of alkyl halides is 3. The molecule has 0 unspecified atom stereocenters. The molecule has 0 aliphatic heterocycles. The molecule has 3 N–H and O–H groups in total. The normalized spacial score (nSPS) is 28.9. The van der Waals surface area contributed by atoms with Crippen LogP contribution < -0.4 is 5.73 Å². The Morgan fingerprint density at radius 2 is 2.00 bits per heavy atom. The average Bonchev–Trinajstić information content (AvgIpc) is 2.13. The molecule has 1 aromatic carbocycles. The monoisotopic (exact) mass is 263 g/mol. The molecule has 0 bridgehead atoms. The van der Waals surface area contributed by atoms with Crippen LogP contribution in [0.4, 0.5) is 13.2 Å². The summed E-state index contributed by atoms with van der Waals surface area (Å²) in [5.74, 6) is 0. The number of benzene rings is 1. The molecule has 0 saturated heterocycles. The molecule has 17 heavy (non-hydrogen) atoms. The molecule has 1 aliphatic rings. The van der Waals surface area contributed by atoms with E-state index in [1.54, 1.807) is 12.1 Å². The lowest BCUT2D eigenvalue weighted by Crippen LogP contribution is -2.51. The number of thioether (sulfide) groups is 1. The minimum Gasteiger partial charge on any atom is -0.393 e. The molecule has 0 amide bonds. The van der Waals surface area contributed by atoms with Crippen molar-refractivity contribution in [3.05, 3.63) is 29.8 Å². The van der Waals surface area contributed by atoms with Crippen LogP contribution in [0.1, 0.15) is 18.4 Å². The molecule has 94 valence electrons. The second kappa shape index (κ2) is 4.19. The Kier molecular flexibility index (Phi) is 3.14. The molecule has 2 nitrogen and oxygen atoms in total. The molecule has 0 aromatic heterocycles. The van der Waals surface area contributed by atoms with Crippen LogP contribution in [0, 0.1) is 0 Å². The van der Waals surface area contributed by atoms with Crippen molar-refractivity contribution < 1.29 is 18.3 Å². The predicted octanol–water partition coefficient (Wildman–Crippen LogP) is 2.61. The summed E-state index contributed by atoms with van der Waals surface area (Å²) in [5.41, 5.74) is 1.68. The fraction of sp³-hybridized carbons (Fsp3) is 0.455. The van der Waals surface area contributed by atoms with E-state index in [-0.39, 0.29) is 16.7 Å². The third-order valence-electron chi connectivity index (χ3n) is 2.84. The average molecular weight is 263 g/mol. The molecule has 0 atom stereocenters. The number of halogens is 3. The van der Waals surface area contributed by atoms with Crippen LogP contribution >= 0.6 is 11.8 Å². The van der Waals surface area contributed by atoms with Crippen LogP contribution in [0.2, 0.25) is 0 Å². The van der Waals surface area contributed by atoms with Gasteiger partial charge in [0.2, 0.25) is 0 Å². The highest BCUT2D eigenvalue weighted by atomic mass is 32.2. The van der Waals surface area contributed by atoms with Crippen molar-refractivity contribution in [3.63, 3.8) is 0 Å². The van der Waals surface area contributed by atoms with E-state index < -0.39 is 17.2 Å². The number of hydrogen-bond acceptors (Lipinski definition) is 3. The van der Waals surface area contributed by atoms with Gasteiger partial charge in [-0.3, -0.25) is 0 Å². The number of rotatable bonds is 2. The van der Waals surface area contributed by atoms with Gasteiger partial charge in [0, 0.05) is 10.4 Å². The molecule has 2 rings (SSSR count). The zero-order valence-corrected chi connectivity index (χ0v) is 9.68. The summed E-state index contributed by atoms with van der Waals surface area (Å²) in [4.78, 5) is 0.126. The van der Waals surface area contributed by atoms with Gasteiger partial charge in [0.05, 0.1) is 6.10 Å². The van der Waals surface area contributed by atoms with Crippen LogP contribution in [0.5, 0.6) is 0 Å². The zero-order valence-electron chi connectivity index (χ0n) is 8.87. The third kappa shape index (κ3) is 2.94. The predicted molar refractivity (Wildman–Crippen MR) is 59.5 cm³/mol.